The van der Waals surface area contributed by atoms with E-state index in [1.165, 1.54) is 11.3 Å². The molecule has 3 N–H and O–H groups in total. The van der Waals surface area contributed by atoms with E-state index in [9.17, 15) is 0 Å². The van der Waals surface area contributed by atoms with E-state index in [0.29, 0.717) is 5.13 Å². The largest absolute Gasteiger partial charge is 0.486 e. The summed E-state index contributed by atoms with van der Waals surface area (Å²) >= 11 is 1.52. The van der Waals surface area contributed by atoms with Crippen LogP contribution < -0.4 is 15.8 Å². The van der Waals surface area contributed by atoms with Crippen molar-refractivity contribution < 1.29 is 4.74 Å². The number of nitrogen functional groups attached to an aromatic ring is 1. The van der Waals surface area contributed by atoms with Crippen LogP contribution in [0.2, 0.25) is 0 Å². The third kappa shape index (κ3) is 2.26. The molecule has 0 radical (unpaired) electrons. The Hall–Kier alpha value is -1.75. The van der Waals surface area contributed by atoms with Gasteiger partial charge in [-0.15, -0.1) is 11.3 Å². The van der Waals surface area contributed by atoms with Crippen molar-refractivity contribution in [2.45, 2.75) is 26.4 Å². The highest BCUT2D eigenvalue weighted by Gasteiger charge is 2.19. The molecule has 19 heavy (non-hydrogen) atoms. The molecule has 0 bridgehead atoms. The van der Waals surface area contributed by atoms with Crippen molar-refractivity contribution in [1.82, 2.24) is 4.98 Å². The Morgan fingerprint density at radius 2 is 2.37 bits per heavy atom. The van der Waals surface area contributed by atoms with Gasteiger partial charge in [0, 0.05) is 10.4 Å². The summed E-state index contributed by atoms with van der Waals surface area (Å²) in [7, 11) is 0. The molecule has 4 nitrogen and oxygen atoms in total. The molecule has 1 aromatic heterocycles. The number of aryl methyl sites for hydroxylation is 1. The molecule has 2 heterocycles. The van der Waals surface area contributed by atoms with E-state index in [1.54, 1.807) is 0 Å². The molecule has 0 saturated carbocycles. The van der Waals surface area contributed by atoms with Crippen LogP contribution in [0.1, 0.15) is 18.2 Å². The molecule has 0 fully saturated rings. The maximum absolute atomic E-state index is 5.90. The normalized spacial score (nSPS) is 17.5. The number of thiazole rings is 1. The molecule has 3 rings (SSSR count). The summed E-state index contributed by atoms with van der Waals surface area (Å²) in [5, 5.41) is 4.03. The Balaban J connectivity index is 1.96. The zero-order valence-electron chi connectivity index (χ0n) is 11.1. The van der Waals surface area contributed by atoms with Crippen LogP contribution in [0.5, 0.6) is 5.75 Å². The van der Waals surface area contributed by atoms with E-state index in [1.807, 2.05) is 19.1 Å². The molecule has 5 heteroatoms. The van der Waals surface area contributed by atoms with Gasteiger partial charge in [0.1, 0.15) is 11.9 Å². The van der Waals surface area contributed by atoms with Crippen LogP contribution in [0.3, 0.4) is 0 Å². The molecular weight excluding hydrogens is 258 g/mol. The van der Waals surface area contributed by atoms with Crippen molar-refractivity contribution in [2.24, 2.45) is 0 Å². The fourth-order valence-corrected chi connectivity index (χ4v) is 2.99. The summed E-state index contributed by atoms with van der Waals surface area (Å²) < 4.78 is 5.90. The molecule has 1 aliphatic rings. The Labute approximate surface area is 116 Å². The minimum atomic E-state index is 0.259. The summed E-state index contributed by atoms with van der Waals surface area (Å²) in [6.45, 7) is 5.03. The average molecular weight is 275 g/mol. The van der Waals surface area contributed by atoms with Gasteiger partial charge in [-0.2, -0.15) is 0 Å². The van der Waals surface area contributed by atoms with Crippen LogP contribution in [-0.2, 0) is 0 Å². The summed E-state index contributed by atoms with van der Waals surface area (Å²) in [4.78, 5) is 5.53. The Bertz CT molecular complexity index is 609. The maximum atomic E-state index is 5.90. The maximum Gasteiger partial charge on any atom is 0.180 e. The lowest BCUT2D eigenvalue weighted by Crippen LogP contribution is -2.29. The minimum Gasteiger partial charge on any atom is -0.486 e. The Morgan fingerprint density at radius 3 is 3.05 bits per heavy atom. The first-order valence-electron chi connectivity index (χ1n) is 6.45. The highest BCUT2D eigenvalue weighted by atomic mass is 32.1. The highest BCUT2D eigenvalue weighted by Crippen LogP contribution is 2.36. The monoisotopic (exact) mass is 275 g/mol. The van der Waals surface area contributed by atoms with Gasteiger partial charge in [-0.05, 0) is 31.5 Å². The quantitative estimate of drug-likeness (QED) is 0.883. The second kappa shape index (κ2) is 4.74. The third-order valence-electron chi connectivity index (χ3n) is 3.34. The number of ether oxygens (including phenoxy) is 1. The smallest absolute Gasteiger partial charge is 0.180 e. The molecule has 100 valence electrons. The molecular formula is C14H17N3OS. The van der Waals surface area contributed by atoms with Crippen molar-refractivity contribution >= 4 is 22.2 Å². The fraction of sp³-hybridized carbons (Fsp3) is 0.357. The summed E-state index contributed by atoms with van der Waals surface area (Å²) in [5.74, 6) is 0.919. The predicted molar refractivity (Wildman–Crippen MR) is 79.9 cm³/mol. The number of nitrogens with one attached hydrogen (secondary N) is 1. The summed E-state index contributed by atoms with van der Waals surface area (Å²) in [5.41, 5.74) is 8.83. The summed E-state index contributed by atoms with van der Waals surface area (Å²) in [6.07, 6.45) is 1.27. The highest BCUT2D eigenvalue weighted by molar-refractivity contribution is 7.15. The van der Waals surface area contributed by atoms with Crippen molar-refractivity contribution in [3.05, 3.63) is 23.1 Å². The number of fused-ring (bicyclic) bond motifs is 1. The molecule has 0 spiro atoms. The summed E-state index contributed by atoms with van der Waals surface area (Å²) in [6, 6.07) is 6.14. The third-order valence-corrected chi connectivity index (χ3v) is 4.14. The second-order valence-corrected chi connectivity index (χ2v) is 5.93. The Kier molecular flexibility index (Phi) is 3.06. The lowest BCUT2D eigenvalue weighted by molar-refractivity contribution is 0.202. The van der Waals surface area contributed by atoms with Crippen LogP contribution in [-0.4, -0.2) is 17.6 Å². The minimum absolute atomic E-state index is 0.259. The number of anilines is 2. The topological polar surface area (TPSA) is 60.2 Å². The van der Waals surface area contributed by atoms with E-state index in [0.717, 1.165) is 40.5 Å². The van der Waals surface area contributed by atoms with Gasteiger partial charge in [0.15, 0.2) is 5.13 Å². The van der Waals surface area contributed by atoms with E-state index >= 15 is 0 Å². The molecule has 1 aliphatic heterocycles. The molecule has 0 amide bonds. The van der Waals surface area contributed by atoms with Crippen molar-refractivity contribution in [1.29, 1.82) is 0 Å². The van der Waals surface area contributed by atoms with Gasteiger partial charge in [0.05, 0.1) is 17.9 Å². The van der Waals surface area contributed by atoms with Crippen molar-refractivity contribution in [2.75, 3.05) is 17.6 Å². The molecule has 2 aromatic rings. The lowest BCUT2D eigenvalue weighted by Gasteiger charge is -2.26. The second-order valence-electron chi connectivity index (χ2n) is 4.70. The van der Waals surface area contributed by atoms with Crippen LogP contribution in [0.25, 0.3) is 11.3 Å². The van der Waals surface area contributed by atoms with Gasteiger partial charge >= 0.3 is 0 Å². The van der Waals surface area contributed by atoms with Crippen LogP contribution in [0, 0.1) is 6.92 Å². The number of rotatable bonds is 2. The first kappa shape index (κ1) is 12.3. The number of nitrogens with zero attached hydrogens (tertiary/aromatic N) is 1. The molecule has 0 saturated heterocycles. The number of hydrogen-bond acceptors (Lipinski definition) is 5. The molecule has 0 aliphatic carbocycles. The predicted octanol–water partition coefficient (Wildman–Crippen LogP) is 3.28. The molecule has 1 aromatic carbocycles. The van der Waals surface area contributed by atoms with Crippen LogP contribution >= 0.6 is 11.3 Å². The van der Waals surface area contributed by atoms with Gasteiger partial charge in [-0.3, -0.25) is 0 Å². The Morgan fingerprint density at radius 1 is 1.53 bits per heavy atom. The molecule has 1 atom stereocenters. The number of hydrogen-bond donors (Lipinski definition) is 2. The first-order chi connectivity index (χ1) is 9.17. The average Bonchev–Trinajstić information content (AvgIpc) is 2.76. The van der Waals surface area contributed by atoms with Crippen molar-refractivity contribution in [3.8, 4) is 17.0 Å². The van der Waals surface area contributed by atoms with Gasteiger partial charge in [0.2, 0.25) is 0 Å². The van der Waals surface area contributed by atoms with E-state index in [-0.39, 0.29) is 6.10 Å². The lowest BCUT2D eigenvalue weighted by atomic mass is 10.1. The molecule has 1 unspecified atom stereocenters. The number of nitrogens with two attached hydrogens (primary N) is 1. The van der Waals surface area contributed by atoms with Gasteiger partial charge < -0.3 is 15.8 Å². The van der Waals surface area contributed by atoms with E-state index < -0.39 is 0 Å². The van der Waals surface area contributed by atoms with E-state index in [2.05, 4.69) is 23.3 Å². The van der Waals surface area contributed by atoms with E-state index in [4.69, 9.17) is 10.5 Å². The number of aromatic nitrogens is 1. The SMILES string of the molecule is CCC1CNc2cc(-c3nc(N)sc3C)ccc2O1. The van der Waals surface area contributed by atoms with Gasteiger partial charge in [-0.25, -0.2) is 4.98 Å². The van der Waals surface area contributed by atoms with Crippen LogP contribution in [0.4, 0.5) is 10.8 Å². The van der Waals surface area contributed by atoms with Crippen LogP contribution in [0.15, 0.2) is 18.2 Å². The first-order valence-corrected chi connectivity index (χ1v) is 7.27. The zero-order valence-corrected chi connectivity index (χ0v) is 11.9. The van der Waals surface area contributed by atoms with Gasteiger partial charge in [0.25, 0.3) is 0 Å². The zero-order chi connectivity index (χ0) is 13.4. The van der Waals surface area contributed by atoms with Gasteiger partial charge in [-0.1, -0.05) is 6.92 Å². The van der Waals surface area contributed by atoms with Crippen molar-refractivity contribution in [3.63, 3.8) is 0 Å². The number of benzene rings is 1. The standard InChI is InChI=1S/C14H17N3OS/c1-3-10-7-16-11-6-9(4-5-12(11)18-10)13-8(2)19-14(15)17-13/h4-6,10,16H,3,7H2,1-2H3,(H2,15,17). The fourth-order valence-electron chi connectivity index (χ4n) is 2.28.